The molecule has 0 aliphatic carbocycles. The van der Waals surface area contributed by atoms with E-state index in [0.717, 1.165) is 0 Å². The van der Waals surface area contributed by atoms with E-state index in [9.17, 15) is 9.18 Å². The fourth-order valence-electron chi connectivity index (χ4n) is 1.82. The zero-order valence-corrected chi connectivity index (χ0v) is 9.65. The lowest BCUT2D eigenvalue weighted by Crippen LogP contribution is -2.25. The molecule has 1 aliphatic heterocycles. The van der Waals surface area contributed by atoms with E-state index in [1.807, 2.05) is 0 Å². The van der Waals surface area contributed by atoms with Crippen LogP contribution in [0.5, 0.6) is 0 Å². The third-order valence-corrected chi connectivity index (χ3v) is 2.83. The van der Waals surface area contributed by atoms with E-state index < -0.39 is 6.09 Å². The van der Waals surface area contributed by atoms with Gasteiger partial charge in [-0.15, -0.1) is 0 Å². The number of carbonyl (C=O) groups excluding carboxylic acids is 1. The SMILES string of the molecule is Cc1ccc(N2CC(CCN)OC2=O)cc1F. The molecule has 4 nitrogen and oxygen atoms in total. The first-order valence-electron chi connectivity index (χ1n) is 5.56. The highest BCUT2D eigenvalue weighted by molar-refractivity contribution is 5.89. The van der Waals surface area contributed by atoms with Gasteiger partial charge in [0.05, 0.1) is 12.2 Å². The lowest BCUT2D eigenvalue weighted by molar-refractivity contribution is 0.138. The summed E-state index contributed by atoms with van der Waals surface area (Å²) in [6, 6.07) is 4.71. The van der Waals surface area contributed by atoms with Gasteiger partial charge in [-0.05, 0) is 37.6 Å². The maximum Gasteiger partial charge on any atom is 0.414 e. The monoisotopic (exact) mass is 238 g/mol. The standard InChI is InChI=1S/C12H15FN2O2/c1-8-2-3-9(6-11(8)13)15-7-10(4-5-14)17-12(15)16/h2-3,6,10H,4-5,7,14H2,1H3. The number of benzene rings is 1. The maximum atomic E-state index is 13.4. The van der Waals surface area contributed by atoms with Crippen molar-refractivity contribution in [2.75, 3.05) is 18.0 Å². The second-order valence-corrected chi connectivity index (χ2v) is 4.13. The molecule has 1 atom stereocenters. The van der Waals surface area contributed by atoms with Crippen LogP contribution in [-0.4, -0.2) is 25.3 Å². The number of nitrogens with zero attached hydrogens (tertiary/aromatic N) is 1. The average Bonchev–Trinajstić information content (AvgIpc) is 2.64. The van der Waals surface area contributed by atoms with E-state index in [-0.39, 0.29) is 11.9 Å². The van der Waals surface area contributed by atoms with Crippen molar-refractivity contribution in [2.24, 2.45) is 5.73 Å². The van der Waals surface area contributed by atoms with Gasteiger partial charge in [0.15, 0.2) is 0 Å². The lowest BCUT2D eigenvalue weighted by Gasteiger charge is -2.13. The Morgan fingerprint density at radius 2 is 2.35 bits per heavy atom. The molecule has 0 radical (unpaired) electrons. The second kappa shape index (κ2) is 4.71. The first kappa shape index (κ1) is 11.9. The smallest absolute Gasteiger partial charge is 0.414 e. The number of ether oxygens (including phenoxy) is 1. The number of hydrogen-bond acceptors (Lipinski definition) is 3. The molecule has 1 saturated heterocycles. The Kier molecular flexibility index (Phi) is 3.28. The fraction of sp³-hybridized carbons (Fsp3) is 0.417. The molecule has 1 aliphatic rings. The van der Waals surface area contributed by atoms with Gasteiger partial charge < -0.3 is 10.5 Å². The van der Waals surface area contributed by atoms with Crippen molar-refractivity contribution >= 4 is 11.8 Å². The zero-order valence-electron chi connectivity index (χ0n) is 9.65. The number of cyclic esters (lactones) is 1. The van der Waals surface area contributed by atoms with Crippen LogP contribution in [0.3, 0.4) is 0 Å². The van der Waals surface area contributed by atoms with Crippen molar-refractivity contribution in [3.8, 4) is 0 Å². The van der Waals surface area contributed by atoms with Crippen LogP contribution in [-0.2, 0) is 4.74 Å². The normalized spacial score (nSPS) is 19.6. The second-order valence-electron chi connectivity index (χ2n) is 4.13. The fourth-order valence-corrected chi connectivity index (χ4v) is 1.82. The summed E-state index contributed by atoms with van der Waals surface area (Å²) in [5.74, 6) is -0.322. The number of aryl methyl sites for hydroxylation is 1. The molecule has 1 fully saturated rings. The van der Waals surface area contributed by atoms with Gasteiger partial charge in [0.25, 0.3) is 0 Å². The zero-order chi connectivity index (χ0) is 12.4. The van der Waals surface area contributed by atoms with Gasteiger partial charge in [-0.2, -0.15) is 0 Å². The highest BCUT2D eigenvalue weighted by Gasteiger charge is 2.31. The number of amides is 1. The van der Waals surface area contributed by atoms with Crippen LogP contribution in [0.15, 0.2) is 18.2 Å². The highest BCUT2D eigenvalue weighted by atomic mass is 19.1. The number of rotatable bonds is 3. The summed E-state index contributed by atoms with van der Waals surface area (Å²) in [5.41, 5.74) is 6.49. The lowest BCUT2D eigenvalue weighted by atomic mass is 10.2. The van der Waals surface area contributed by atoms with Crippen molar-refractivity contribution in [3.63, 3.8) is 0 Å². The summed E-state index contributed by atoms with van der Waals surface area (Å²) in [7, 11) is 0. The number of nitrogens with two attached hydrogens (primary N) is 1. The minimum absolute atomic E-state index is 0.197. The molecule has 1 amide bonds. The molecule has 1 aromatic carbocycles. The van der Waals surface area contributed by atoms with Crippen LogP contribution in [0.4, 0.5) is 14.9 Å². The number of carbonyl (C=O) groups is 1. The van der Waals surface area contributed by atoms with Crippen LogP contribution in [0.2, 0.25) is 0 Å². The molecule has 2 N–H and O–H groups in total. The largest absolute Gasteiger partial charge is 0.444 e. The van der Waals surface area contributed by atoms with Gasteiger partial charge in [-0.3, -0.25) is 4.90 Å². The van der Waals surface area contributed by atoms with Crippen LogP contribution in [0, 0.1) is 12.7 Å². The molecule has 5 heteroatoms. The quantitative estimate of drug-likeness (QED) is 0.873. The first-order valence-corrected chi connectivity index (χ1v) is 5.56. The molecule has 0 spiro atoms. The van der Waals surface area contributed by atoms with Crippen LogP contribution >= 0.6 is 0 Å². The Balaban J connectivity index is 2.17. The van der Waals surface area contributed by atoms with Crippen molar-refractivity contribution in [1.82, 2.24) is 0 Å². The van der Waals surface area contributed by atoms with E-state index in [1.54, 1.807) is 19.1 Å². The van der Waals surface area contributed by atoms with Gasteiger partial charge in [0, 0.05) is 0 Å². The van der Waals surface area contributed by atoms with Gasteiger partial charge in [-0.25, -0.2) is 9.18 Å². The van der Waals surface area contributed by atoms with Gasteiger partial charge in [0.1, 0.15) is 11.9 Å². The molecule has 92 valence electrons. The van der Waals surface area contributed by atoms with E-state index in [1.165, 1.54) is 11.0 Å². The number of hydrogen-bond donors (Lipinski definition) is 1. The topological polar surface area (TPSA) is 55.6 Å². The Labute approximate surface area is 99.2 Å². The third kappa shape index (κ3) is 2.39. The number of halogens is 1. The molecular formula is C12H15FN2O2. The molecule has 1 aromatic rings. The first-order chi connectivity index (χ1) is 8.11. The van der Waals surface area contributed by atoms with Crippen LogP contribution in [0.1, 0.15) is 12.0 Å². The number of anilines is 1. The Morgan fingerprint density at radius 1 is 1.59 bits per heavy atom. The third-order valence-electron chi connectivity index (χ3n) is 2.83. The van der Waals surface area contributed by atoms with Crippen molar-refractivity contribution in [3.05, 3.63) is 29.6 Å². The Bertz CT molecular complexity index is 437. The molecule has 1 heterocycles. The molecule has 0 bridgehead atoms. The summed E-state index contributed by atoms with van der Waals surface area (Å²) in [4.78, 5) is 13.0. The minimum Gasteiger partial charge on any atom is -0.444 e. The van der Waals surface area contributed by atoms with E-state index in [4.69, 9.17) is 10.5 Å². The van der Waals surface area contributed by atoms with E-state index >= 15 is 0 Å². The highest BCUT2D eigenvalue weighted by Crippen LogP contribution is 2.24. The van der Waals surface area contributed by atoms with Gasteiger partial charge in [-0.1, -0.05) is 6.07 Å². The molecule has 1 unspecified atom stereocenters. The summed E-state index contributed by atoms with van der Waals surface area (Å²) in [6.07, 6.45) is -0.0140. The van der Waals surface area contributed by atoms with Crippen LogP contribution in [0.25, 0.3) is 0 Å². The molecule has 0 aromatic heterocycles. The molecule has 17 heavy (non-hydrogen) atoms. The van der Waals surface area contributed by atoms with Crippen LogP contribution < -0.4 is 10.6 Å². The predicted octanol–water partition coefficient (Wildman–Crippen LogP) is 1.81. The average molecular weight is 238 g/mol. The predicted molar refractivity (Wildman–Crippen MR) is 62.4 cm³/mol. The van der Waals surface area contributed by atoms with Gasteiger partial charge in [0.2, 0.25) is 0 Å². The van der Waals surface area contributed by atoms with Gasteiger partial charge >= 0.3 is 6.09 Å². The Hall–Kier alpha value is -1.62. The van der Waals surface area contributed by atoms with Crippen molar-refractivity contribution in [1.29, 1.82) is 0 Å². The minimum atomic E-state index is -0.438. The Morgan fingerprint density at radius 3 is 3.00 bits per heavy atom. The molecular weight excluding hydrogens is 223 g/mol. The molecule has 0 saturated carbocycles. The summed E-state index contributed by atoms with van der Waals surface area (Å²) in [5, 5.41) is 0. The maximum absolute atomic E-state index is 13.4. The summed E-state index contributed by atoms with van der Waals surface area (Å²) in [6.45, 7) is 2.57. The van der Waals surface area contributed by atoms with E-state index in [0.29, 0.717) is 30.8 Å². The van der Waals surface area contributed by atoms with Crippen molar-refractivity contribution in [2.45, 2.75) is 19.4 Å². The molecule has 2 rings (SSSR count). The summed E-state index contributed by atoms with van der Waals surface area (Å²) >= 11 is 0. The summed E-state index contributed by atoms with van der Waals surface area (Å²) < 4.78 is 18.5. The van der Waals surface area contributed by atoms with Crippen molar-refractivity contribution < 1.29 is 13.9 Å². The van der Waals surface area contributed by atoms with E-state index in [2.05, 4.69) is 0 Å².